The molecule has 0 N–H and O–H groups in total. The minimum Gasteiger partial charge on any atom is -0.436 e. The zero-order valence-corrected chi connectivity index (χ0v) is 78.3. The standard InChI is InChI=1S/C44H25N3OS.C42H26N4.C42H23N3S2/c1-2-10-26(11-3-1)27-18-20-29(21-19-27)40-43(45-41-33-15-7-9-17-38(33)48-44(41)46-40)47-36-16-8-6-14-31(36)34-25-39-35(24-37(34)47)32-23-22-28-12-4-5-13-30(28)42(32)49-39;1-3-14-28(15-4-1)41-42(44-35-21-11-10-20-34(35)43-41)46-36-22-12-9-19-31(36)32-25-33-39(26-38(32)46)45(29-16-5-2-6-17-29)37-24-23-27-13-7-8-18-30(27)40(33)37;1-3-13-26-24(10-1)12-9-17-29(26)38-41(43-39-31-16-6-8-19-36(31)47-42(39)44-38)45-34-18-7-5-15-28(34)32-23-37-33(22-35(32)45)30-21-20-25-11-2-4-14-27(25)40(30)46-37/h1-25H;1-26H;1-23H. The normalized spacial score (nSPS) is 12.1. The zero-order chi connectivity index (χ0) is 92.9. The molecule has 32 aromatic rings. The Morgan fingerprint density at radius 2 is 0.634 bits per heavy atom. The lowest BCUT2D eigenvalue weighted by Gasteiger charge is -2.14. The fourth-order valence-electron chi connectivity index (χ4n) is 22.3. The van der Waals surface area contributed by atoms with Gasteiger partial charge in [-0.3, -0.25) is 13.7 Å². The molecule has 0 radical (unpaired) electrons. The Morgan fingerprint density at radius 1 is 0.204 bits per heavy atom. The first-order chi connectivity index (χ1) is 70.4. The van der Waals surface area contributed by atoms with E-state index < -0.39 is 0 Å². The molecule has 0 saturated heterocycles. The number of para-hydroxylation sites is 7. The lowest BCUT2D eigenvalue weighted by Crippen LogP contribution is -2.03. The van der Waals surface area contributed by atoms with Gasteiger partial charge >= 0.3 is 0 Å². The van der Waals surface area contributed by atoms with Crippen molar-refractivity contribution in [1.82, 2.24) is 48.2 Å². The number of rotatable bonds is 8. The van der Waals surface area contributed by atoms with Crippen LogP contribution in [0.3, 0.4) is 0 Å². The minimum atomic E-state index is 0.533. The van der Waals surface area contributed by atoms with Gasteiger partial charge in [0.2, 0.25) is 5.71 Å². The van der Waals surface area contributed by atoms with E-state index in [1.165, 1.54) is 142 Å². The number of aromatic nitrogens is 10. The van der Waals surface area contributed by atoms with E-state index in [1.807, 2.05) is 77.3 Å². The van der Waals surface area contributed by atoms with Crippen LogP contribution in [0.5, 0.6) is 0 Å². The van der Waals surface area contributed by atoms with Crippen molar-refractivity contribution in [3.05, 3.63) is 449 Å². The molecule has 0 aliphatic rings. The van der Waals surface area contributed by atoms with Gasteiger partial charge in [-0.2, -0.15) is 0 Å². The van der Waals surface area contributed by atoms with Crippen LogP contribution < -0.4 is 0 Å². The highest BCUT2D eigenvalue weighted by molar-refractivity contribution is 7.27. The Morgan fingerprint density at radius 3 is 1.26 bits per heavy atom. The summed E-state index contributed by atoms with van der Waals surface area (Å²) in [4.78, 5) is 33.2. The van der Waals surface area contributed by atoms with E-state index in [0.717, 1.165) is 144 Å². The summed E-state index contributed by atoms with van der Waals surface area (Å²) in [7, 11) is 0. The van der Waals surface area contributed by atoms with Crippen LogP contribution >= 0.6 is 34.0 Å². The molecule has 142 heavy (non-hydrogen) atoms. The molecule has 0 atom stereocenters. The summed E-state index contributed by atoms with van der Waals surface area (Å²) in [6.45, 7) is 0. The van der Waals surface area contributed by atoms with Crippen LogP contribution in [0, 0.1) is 0 Å². The molecule has 0 spiro atoms. The third-order valence-electron chi connectivity index (χ3n) is 28.7. The summed E-state index contributed by atoms with van der Waals surface area (Å²) in [5, 5.41) is 26.9. The van der Waals surface area contributed by atoms with Gasteiger partial charge in [-0.1, -0.05) is 346 Å². The second-order valence-corrected chi connectivity index (χ2v) is 39.7. The maximum Gasteiger partial charge on any atom is 0.247 e. The molecule has 0 amide bonds. The Balaban J connectivity index is 0.0000000997. The second-order valence-electron chi connectivity index (χ2n) is 36.6. The monoisotopic (exact) mass is 1860 g/mol. The Hall–Kier alpha value is -18.2. The maximum atomic E-state index is 6.30. The number of nitrogens with zero attached hydrogens (tertiary/aromatic N) is 10. The van der Waals surface area contributed by atoms with Crippen molar-refractivity contribution in [1.29, 1.82) is 0 Å². The van der Waals surface area contributed by atoms with Crippen molar-refractivity contribution >= 4 is 258 Å². The molecule has 0 aliphatic carbocycles. The van der Waals surface area contributed by atoms with E-state index in [2.05, 4.69) is 413 Å². The van der Waals surface area contributed by atoms with Gasteiger partial charge in [-0.25, -0.2) is 29.9 Å². The average Bonchev–Trinajstić information content (AvgIpc) is 1.53. The fourth-order valence-corrected chi connectivity index (χ4v) is 25.8. The molecule has 0 bridgehead atoms. The van der Waals surface area contributed by atoms with E-state index in [-0.39, 0.29) is 0 Å². The summed E-state index contributed by atoms with van der Waals surface area (Å²) < 4.78 is 22.1. The summed E-state index contributed by atoms with van der Waals surface area (Å²) in [5.41, 5.74) is 22.9. The summed E-state index contributed by atoms with van der Waals surface area (Å²) in [6.07, 6.45) is 0. The first kappa shape index (κ1) is 80.0. The first-order valence-corrected chi connectivity index (χ1v) is 50.2. The van der Waals surface area contributed by atoms with Crippen LogP contribution in [0.25, 0.3) is 292 Å². The lowest BCUT2D eigenvalue weighted by molar-refractivity contribution is 0.653. The molecule has 11 aromatic heterocycles. The molecule has 21 aromatic carbocycles. The molecule has 32 rings (SSSR count). The van der Waals surface area contributed by atoms with Crippen molar-refractivity contribution in [3.8, 4) is 68.0 Å². The van der Waals surface area contributed by atoms with Gasteiger partial charge < -0.3 is 8.98 Å². The Kier molecular flexibility index (Phi) is 17.8. The van der Waals surface area contributed by atoms with Gasteiger partial charge in [0.05, 0.1) is 55.2 Å². The smallest absolute Gasteiger partial charge is 0.247 e. The SMILES string of the molecule is c1ccc(-c2ccc(-c3nc4oc5ccccc5c4nc3-n3c4ccccc4c4cc5sc6c7ccccc7ccc6c5cc43)cc2)cc1.c1ccc(-c2nc3ccccc3nc2-n2c3ccccc3c3cc4c5c6ccccc6ccc5n(-c5ccccc5)c4cc32)cc1.c1ccc2c(-c3nc4sc5ccccc5c4nc3-n3c4ccccc4c4cc5sc6c7ccccc7ccc6c5cc43)cccc2c1. The molecule has 11 nitrogen and oxygen atoms in total. The van der Waals surface area contributed by atoms with Crippen LogP contribution in [-0.4, -0.2) is 48.2 Å². The number of hydrogen-bond acceptors (Lipinski definition) is 10. The van der Waals surface area contributed by atoms with Crippen LogP contribution in [0.1, 0.15) is 0 Å². The van der Waals surface area contributed by atoms with E-state index in [9.17, 15) is 0 Å². The molecule has 0 saturated carbocycles. The van der Waals surface area contributed by atoms with E-state index in [1.54, 1.807) is 11.3 Å². The van der Waals surface area contributed by atoms with E-state index in [0.29, 0.717) is 5.71 Å². The number of benzene rings is 21. The first-order valence-electron chi connectivity index (χ1n) is 47.8. The fraction of sp³-hybridized carbons (Fsp3) is 0. The maximum absolute atomic E-state index is 6.30. The van der Waals surface area contributed by atoms with Gasteiger partial charge in [-0.05, 0) is 157 Å². The third kappa shape index (κ3) is 12.4. The van der Waals surface area contributed by atoms with Gasteiger partial charge in [0.1, 0.15) is 38.5 Å². The number of thiophene rings is 3. The van der Waals surface area contributed by atoms with Crippen molar-refractivity contribution in [2.45, 2.75) is 0 Å². The quantitative estimate of drug-likeness (QED) is 0.149. The molecule has 660 valence electrons. The topological polar surface area (TPSA) is 110 Å². The highest BCUT2D eigenvalue weighted by Gasteiger charge is 2.29. The second kappa shape index (κ2) is 31.7. The Bertz CT molecular complexity index is 10900. The summed E-state index contributed by atoms with van der Waals surface area (Å²) >= 11 is 5.48. The number of fused-ring (bicyclic) bond motifs is 32. The average molecular weight is 1860 g/mol. The highest BCUT2D eigenvalue weighted by Crippen LogP contribution is 2.51. The van der Waals surface area contributed by atoms with Gasteiger partial charge in [-0.15, -0.1) is 34.0 Å². The molecule has 14 heteroatoms. The predicted molar refractivity (Wildman–Crippen MR) is 599 cm³/mol. The van der Waals surface area contributed by atoms with Crippen molar-refractivity contribution in [2.75, 3.05) is 0 Å². The van der Waals surface area contributed by atoms with Crippen LogP contribution in [0.15, 0.2) is 453 Å². The predicted octanol–water partition coefficient (Wildman–Crippen LogP) is 35.3. The van der Waals surface area contributed by atoms with Gasteiger partial charge in [0, 0.05) is 121 Å². The van der Waals surface area contributed by atoms with Gasteiger partial charge in [0.25, 0.3) is 0 Å². The van der Waals surface area contributed by atoms with E-state index in [4.69, 9.17) is 34.3 Å². The van der Waals surface area contributed by atoms with Crippen molar-refractivity contribution in [2.24, 2.45) is 0 Å². The molecule has 0 fully saturated rings. The van der Waals surface area contributed by atoms with E-state index >= 15 is 0 Å². The third-order valence-corrected chi connectivity index (χ3v) is 32.2. The zero-order valence-electron chi connectivity index (χ0n) is 75.8. The number of hydrogen-bond donors (Lipinski definition) is 0. The molecular formula is C128H74N10OS3. The van der Waals surface area contributed by atoms with Crippen molar-refractivity contribution in [3.63, 3.8) is 0 Å². The largest absolute Gasteiger partial charge is 0.436 e. The summed E-state index contributed by atoms with van der Waals surface area (Å²) in [5.74, 6) is 2.46. The van der Waals surface area contributed by atoms with Crippen LogP contribution in [0.2, 0.25) is 0 Å². The van der Waals surface area contributed by atoms with Gasteiger partial charge in [0.15, 0.2) is 17.5 Å². The molecule has 11 heterocycles. The molecule has 0 unspecified atom stereocenters. The van der Waals surface area contributed by atoms with Crippen LogP contribution in [0.4, 0.5) is 0 Å². The van der Waals surface area contributed by atoms with Crippen molar-refractivity contribution < 1.29 is 4.42 Å². The molecule has 0 aliphatic heterocycles. The van der Waals surface area contributed by atoms with Crippen LogP contribution in [-0.2, 0) is 0 Å². The Labute approximate surface area is 821 Å². The highest BCUT2D eigenvalue weighted by atomic mass is 32.1. The lowest BCUT2D eigenvalue weighted by atomic mass is 10.0. The molecular weight excluding hydrogens is 1790 g/mol. The summed E-state index contributed by atoms with van der Waals surface area (Å²) in [6, 6.07) is 160. The number of furan rings is 1. The minimum absolute atomic E-state index is 0.533.